The molecular weight excluding hydrogens is 256 g/mol. The van der Waals surface area contributed by atoms with E-state index in [4.69, 9.17) is 0 Å². The van der Waals surface area contributed by atoms with E-state index in [0.717, 1.165) is 30.1 Å². The van der Waals surface area contributed by atoms with Gasteiger partial charge in [0.1, 0.15) is 0 Å². The zero-order valence-electron chi connectivity index (χ0n) is 14.5. The highest BCUT2D eigenvalue weighted by Crippen LogP contribution is 2.70. The Bertz CT molecular complexity index is 441. The summed E-state index contributed by atoms with van der Waals surface area (Å²) in [5.41, 5.74) is 0.553. The lowest BCUT2D eigenvalue weighted by molar-refractivity contribution is -0.235. The average molecular weight is 290 g/mol. The van der Waals surface area contributed by atoms with E-state index < -0.39 is 5.60 Å². The summed E-state index contributed by atoms with van der Waals surface area (Å²) in [6.07, 6.45) is 10.8. The predicted molar refractivity (Wildman–Crippen MR) is 86.9 cm³/mol. The second-order valence-corrected chi connectivity index (χ2v) is 10.1. The molecule has 1 N–H and O–H groups in total. The first-order valence-corrected chi connectivity index (χ1v) is 9.49. The van der Waals surface area contributed by atoms with Crippen molar-refractivity contribution in [2.24, 2.45) is 40.4 Å². The van der Waals surface area contributed by atoms with Gasteiger partial charge in [-0.2, -0.15) is 0 Å². The Morgan fingerprint density at radius 2 is 1.62 bits per heavy atom. The van der Waals surface area contributed by atoms with Gasteiger partial charge in [-0.05, 0) is 85.9 Å². The Morgan fingerprint density at radius 3 is 2.38 bits per heavy atom. The molecule has 21 heavy (non-hydrogen) atoms. The Balaban J connectivity index is 1.83. The summed E-state index contributed by atoms with van der Waals surface area (Å²) >= 11 is 0. The zero-order valence-corrected chi connectivity index (χ0v) is 14.5. The third-order valence-corrected chi connectivity index (χ3v) is 8.61. The molecule has 1 nitrogen and oxygen atoms in total. The maximum Gasteiger partial charge on any atom is 0.0655 e. The van der Waals surface area contributed by atoms with Crippen LogP contribution in [0.1, 0.15) is 79.1 Å². The van der Waals surface area contributed by atoms with E-state index in [1.807, 2.05) is 0 Å². The lowest BCUT2D eigenvalue weighted by Crippen LogP contribution is -2.65. The molecule has 0 saturated heterocycles. The molecule has 0 aliphatic heterocycles. The van der Waals surface area contributed by atoms with Gasteiger partial charge in [0, 0.05) is 0 Å². The van der Waals surface area contributed by atoms with Crippen LogP contribution in [0.4, 0.5) is 0 Å². The predicted octanol–water partition coefficient (Wildman–Crippen LogP) is 5.03. The Hall–Kier alpha value is -0.0400. The number of rotatable bonds is 0. The fraction of sp³-hybridized carbons (Fsp3) is 1.00. The summed E-state index contributed by atoms with van der Waals surface area (Å²) in [7, 11) is 0. The van der Waals surface area contributed by atoms with Crippen LogP contribution in [-0.2, 0) is 0 Å². The van der Waals surface area contributed by atoms with Crippen LogP contribution in [0.25, 0.3) is 0 Å². The first-order chi connectivity index (χ1) is 9.77. The second kappa shape index (κ2) is 4.28. The van der Waals surface area contributed by atoms with Gasteiger partial charge in [-0.3, -0.25) is 0 Å². The van der Waals surface area contributed by atoms with Crippen LogP contribution >= 0.6 is 0 Å². The van der Waals surface area contributed by atoms with E-state index in [1.165, 1.54) is 44.9 Å². The molecule has 4 saturated carbocycles. The Morgan fingerprint density at radius 1 is 0.905 bits per heavy atom. The van der Waals surface area contributed by atoms with Crippen molar-refractivity contribution in [2.75, 3.05) is 0 Å². The molecule has 1 heteroatoms. The summed E-state index contributed by atoms with van der Waals surface area (Å²) in [5.74, 6) is 4.04. The largest absolute Gasteiger partial charge is 0.390 e. The summed E-state index contributed by atoms with van der Waals surface area (Å²) in [6.45, 7) is 9.79. The van der Waals surface area contributed by atoms with Crippen LogP contribution in [0, 0.1) is 40.4 Å². The maximum atomic E-state index is 11.3. The highest BCUT2D eigenvalue weighted by Gasteiger charge is 2.65. The minimum atomic E-state index is -0.413. The van der Waals surface area contributed by atoms with Gasteiger partial charge in [-0.15, -0.1) is 0 Å². The molecule has 0 amide bonds. The van der Waals surface area contributed by atoms with Gasteiger partial charge < -0.3 is 5.11 Å². The van der Waals surface area contributed by atoms with Crippen molar-refractivity contribution in [1.29, 1.82) is 0 Å². The van der Waals surface area contributed by atoms with E-state index in [0.29, 0.717) is 16.7 Å². The smallest absolute Gasteiger partial charge is 0.0655 e. The van der Waals surface area contributed by atoms with Gasteiger partial charge in [0.2, 0.25) is 0 Å². The van der Waals surface area contributed by atoms with Crippen molar-refractivity contribution < 1.29 is 5.11 Å². The standard InChI is InChI=1S/C20H34O/c1-13-6-7-15-16-14(13)8-11-18(2)9-5-10-19(3,17(16)18)12-20(15,4)21/h13-17,21H,5-12H2,1-4H3/t13-,14+,15-,16+,17+,18+,19-,20+/m1/s1. The summed E-state index contributed by atoms with van der Waals surface area (Å²) in [4.78, 5) is 0. The summed E-state index contributed by atoms with van der Waals surface area (Å²) in [6, 6.07) is 0. The second-order valence-electron chi connectivity index (χ2n) is 10.1. The van der Waals surface area contributed by atoms with Gasteiger partial charge in [-0.25, -0.2) is 0 Å². The van der Waals surface area contributed by atoms with E-state index in [2.05, 4.69) is 27.7 Å². The lowest BCUT2D eigenvalue weighted by Gasteiger charge is -2.69. The Labute approximate surface area is 130 Å². The Kier molecular flexibility index (Phi) is 2.96. The molecule has 0 spiro atoms. The van der Waals surface area contributed by atoms with Crippen molar-refractivity contribution in [3.8, 4) is 0 Å². The normalized spacial score (nSPS) is 63.0. The van der Waals surface area contributed by atoms with Gasteiger partial charge in [-0.1, -0.05) is 33.6 Å². The van der Waals surface area contributed by atoms with E-state index in [1.54, 1.807) is 0 Å². The van der Waals surface area contributed by atoms with Gasteiger partial charge in [0.15, 0.2) is 0 Å². The monoisotopic (exact) mass is 290 g/mol. The molecule has 0 bridgehead atoms. The SMILES string of the molecule is C[C@@H]1CC[C@@H]2[C@@H]3[C@H]1CC[C@]1(C)CCC[C@](C)(C[C@]2(C)O)[C@@H]31. The number of hydrogen-bond donors (Lipinski definition) is 1. The van der Waals surface area contributed by atoms with Crippen molar-refractivity contribution in [2.45, 2.75) is 84.7 Å². The van der Waals surface area contributed by atoms with Crippen LogP contribution in [0.5, 0.6) is 0 Å². The molecule has 0 aromatic rings. The minimum absolute atomic E-state index is 0.396. The molecule has 0 heterocycles. The van der Waals surface area contributed by atoms with Crippen molar-refractivity contribution >= 4 is 0 Å². The first-order valence-electron chi connectivity index (χ1n) is 9.49. The van der Waals surface area contributed by atoms with Crippen molar-refractivity contribution in [3.63, 3.8) is 0 Å². The molecule has 4 aliphatic carbocycles. The van der Waals surface area contributed by atoms with Crippen LogP contribution < -0.4 is 0 Å². The van der Waals surface area contributed by atoms with E-state index >= 15 is 0 Å². The maximum absolute atomic E-state index is 11.3. The van der Waals surface area contributed by atoms with Gasteiger partial charge >= 0.3 is 0 Å². The van der Waals surface area contributed by atoms with Gasteiger partial charge in [0.05, 0.1) is 5.60 Å². The fourth-order valence-electron chi connectivity index (χ4n) is 8.11. The molecule has 0 aromatic heterocycles. The topological polar surface area (TPSA) is 20.2 Å². The van der Waals surface area contributed by atoms with Crippen LogP contribution in [-0.4, -0.2) is 10.7 Å². The van der Waals surface area contributed by atoms with Gasteiger partial charge in [0.25, 0.3) is 0 Å². The molecule has 4 rings (SSSR count). The molecular formula is C20H34O. The molecule has 0 aromatic carbocycles. The zero-order chi connectivity index (χ0) is 15.0. The average Bonchev–Trinajstić information content (AvgIpc) is 2.35. The lowest BCUT2D eigenvalue weighted by atomic mass is 9.36. The fourth-order valence-corrected chi connectivity index (χ4v) is 8.11. The van der Waals surface area contributed by atoms with Crippen LogP contribution in [0.3, 0.4) is 0 Å². The summed E-state index contributed by atoms with van der Waals surface area (Å²) < 4.78 is 0. The van der Waals surface area contributed by atoms with E-state index in [9.17, 15) is 5.11 Å². The molecule has 0 unspecified atom stereocenters. The van der Waals surface area contributed by atoms with Crippen LogP contribution in [0.15, 0.2) is 0 Å². The molecule has 8 atom stereocenters. The summed E-state index contributed by atoms with van der Waals surface area (Å²) in [5, 5.41) is 11.3. The molecule has 4 fully saturated rings. The number of hydrogen-bond acceptors (Lipinski definition) is 1. The highest BCUT2D eigenvalue weighted by molar-refractivity contribution is 5.14. The van der Waals surface area contributed by atoms with E-state index in [-0.39, 0.29) is 0 Å². The minimum Gasteiger partial charge on any atom is -0.390 e. The molecule has 4 aliphatic rings. The third kappa shape index (κ3) is 1.85. The highest BCUT2D eigenvalue weighted by atomic mass is 16.3. The molecule has 0 radical (unpaired) electrons. The first kappa shape index (κ1) is 14.5. The molecule has 120 valence electrons. The van der Waals surface area contributed by atoms with Crippen molar-refractivity contribution in [3.05, 3.63) is 0 Å². The van der Waals surface area contributed by atoms with Crippen molar-refractivity contribution in [1.82, 2.24) is 0 Å². The number of aliphatic hydroxyl groups is 1. The van der Waals surface area contributed by atoms with Crippen LogP contribution in [0.2, 0.25) is 0 Å². The third-order valence-electron chi connectivity index (χ3n) is 8.61. The quantitative estimate of drug-likeness (QED) is 0.663.